The number of aryl methyl sites for hydroxylation is 3. The van der Waals surface area contributed by atoms with Crippen molar-refractivity contribution in [1.29, 1.82) is 0 Å². The number of rotatable bonds is 5. The zero-order valence-electron chi connectivity index (χ0n) is 15.3. The summed E-state index contributed by atoms with van der Waals surface area (Å²) in [6, 6.07) is 9.57. The number of hydrogen-bond acceptors (Lipinski definition) is 4. The molecule has 1 aromatic heterocycles. The Labute approximate surface area is 164 Å². The molecule has 0 bridgehead atoms. The van der Waals surface area contributed by atoms with Crippen molar-refractivity contribution in [2.45, 2.75) is 37.0 Å². The first-order chi connectivity index (χ1) is 13.0. The van der Waals surface area contributed by atoms with Gasteiger partial charge < -0.3 is 4.90 Å². The number of piperazine rings is 1. The normalized spacial score (nSPS) is 17.9. The lowest BCUT2D eigenvalue weighted by Crippen LogP contribution is -2.50. The van der Waals surface area contributed by atoms with Gasteiger partial charge in [0.05, 0.1) is 4.90 Å². The Morgan fingerprint density at radius 3 is 2.56 bits per heavy atom. The maximum absolute atomic E-state index is 13.0. The lowest BCUT2D eigenvalue weighted by atomic mass is 10.1. The third-order valence-corrected chi connectivity index (χ3v) is 8.30. The average Bonchev–Trinajstić information content (AvgIpc) is 3.37. The molecule has 2 aromatic rings. The zero-order chi connectivity index (χ0) is 18.9. The molecular weight excluding hydrogens is 380 g/mol. The molecule has 2 aliphatic rings. The van der Waals surface area contributed by atoms with E-state index in [1.54, 1.807) is 22.3 Å². The Morgan fingerprint density at radius 2 is 1.81 bits per heavy atom. The standard InChI is InChI=1S/C20H24N2O3S2/c23-20(9-7-18-5-2-14-26-18)21-10-12-22(13-11-21)27(24,25)19-8-6-16-3-1-4-17(16)15-19/h2,5-6,8,14-15H,1,3-4,7,9-13H2. The van der Waals surface area contributed by atoms with Gasteiger partial charge >= 0.3 is 0 Å². The highest BCUT2D eigenvalue weighted by molar-refractivity contribution is 7.89. The highest BCUT2D eigenvalue weighted by Gasteiger charge is 2.30. The Bertz CT molecular complexity index is 915. The summed E-state index contributed by atoms with van der Waals surface area (Å²) in [7, 11) is -3.48. The first-order valence-corrected chi connectivity index (χ1v) is 11.8. The van der Waals surface area contributed by atoms with E-state index in [1.165, 1.54) is 20.3 Å². The highest BCUT2D eigenvalue weighted by Crippen LogP contribution is 2.26. The van der Waals surface area contributed by atoms with E-state index in [0.29, 0.717) is 37.5 Å². The predicted molar refractivity (Wildman–Crippen MR) is 106 cm³/mol. The smallest absolute Gasteiger partial charge is 0.243 e. The van der Waals surface area contributed by atoms with E-state index in [-0.39, 0.29) is 5.91 Å². The van der Waals surface area contributed by atoms with E-state index in [0.717, 1.165) is 25.7 Å². The van der Waals surface area contributed by atoms with Gasteiger partial charge in [-0.15, -0.1) is 11.3 Å². The fraction of sp³-hybridized carbons (Fsp3) is 0.450. The van der Waals surface area contributed by atoms with Gasteiger partial charge in [-0.1, -0.05) is 12.1 Å². The van der Waals surface area contributed by atoms with E-state index in [1.807, 2.05) is 29.6 Å². The molecule has 1 saturated heterocycles. The Morgan fingerprint density at radius 1 is 1.04 bits per heavy atom. The monoisotopic (exact) mass is 404 g/mol. The van der Waals surface area contributed by atoms with Gasteiger partial charge in [0.2, 0.25) is 15.9 Å². The largest absolute Gasteiger partial charge is 0.340 e. The number of nitrogens with zero attached hydrogens (tertiary/aromatic N) is 2. The number of thiophene rings is 1. The lowest BCUT2D eigenvalue weighted by molar-refractivity contribution is -0.132. The van der Waals surface area contributed by atoms with Crippen LogP contribution in [0.15, 0.2) is 40.6 Å². The van der Waals surface area contributed by atoms with Crippen molar-refractivity contribution in [2.24, 2.45) is 0 Å². The number of carbonyl (C=O) groups excluding carboxylic acids is 1. The maximum atomic E-state index is 13.0. The van der Waals surface area contributed by atoms with Crippen LogP contribution in [0, 0.1) is 0 Å². The minimum atomic E-state index is -3.48. The molecule has 27 heavy (non-hydrogen) atoms. The van der Waals surface area contributed by atoms with Crippen molar-refractivity contribution >= 4 is 27.3 Å². The molecule has 1 aromatic carbocycles. The van der Waals surface area contributed by atoms with E-state index in [9.17, 15) is 13.2 Å². The first-order valence-electron chi connectivity index (χ1n) is 9.46. The van der Waals surface area contributed by atoms with Crippen LogP contribution in [0.25, 0.3) is 0 Å². The molecule has 144 valence electrons. The van der Waals surface area contributed by atoms with Gasteiger partial charge in [-0.25, -0.2) is 8.42 Å². The van der Waals surface area contributed by atoms with Crippen molar-refractivity contribution in [3.05, 3.63) is 51.7 Å². The van der Waals surface area contributed by atoms with Crippen molar-refractivity contribution < 1.29 is 13.2 Å². The molecule has 1 aliphatic heterocycles. The Hall–Kier alpha value is -1.70. The van der Waals surface area contributed by atoms with Crippen molar-refractivity contribution in [3.63, 3.8) is 0 Å². The molecular formula is C20H24N2O3S2. The third-order valence-electron chi connectivity index (χ3n) is 5.46. The quantitative estimate of drug-likeness (QED) is 0.770. The minimum Gasteiger partial charge on any atom is -0.340 e. The molecule has 2 heterocycles. The van der Waals surface area contributed by atoms with Crippen molar-refractivity contribution in [1.82, 2.24) is 9.21 Å². The Kier molecular flexibility index (Phi) is 5.34. The second kappa shape index (κ2) is 7.73. The summed E-state index contributed by atoms with van der Waals surface area (Å²) in [5, 5.41) is 2.02. The van der Waals surface area contributed by atoms with Crippen LogP contribution in [0.5, 0.6) is 0 Å². The number of benzene rings is 1. The molecule has 0 radical (unpaired) electrons. The fourth-order valence-electron chi connectivity index (χ4n) is 3.88. The molecule has 1 fully saturated rings. The number of hydrogen-bond donors (Lipinski definition) is 0. The average molecular weight is 405 g/mol. The van der Waals surface area contributed by atoms with Gasteiger partial charge in [-0.05, 0) is 60.4 Å². The van der Waals surface area contributed by atoms with Crippen LogP contribution in [0.1, 0.15) is 28.8 Å². The van der Waals surface area contributed by atoms with Crippen LogP contribution in [-0.2, 0) is 34.1 Å². The second-order valence-corrected chi connectivity index (χ2v) is 10.1. The number of amides is 1. The molecule has 4 rings (SSSR count). The van der Waals surface area contributed by atoms with Gasteiger partial charge in [0.1, 0.15) is 0 Å². The third kappa shape index (κ3) is 3.95. The number of carbonyl (C=O) groups is 1. The van der Waals surface area contributed by atoms with Crippen LogP contribution >= 0.6 is 11.3 Å². The SMILES string of the molecule is O=C(CCc1cccs1)N1CCN(S(=O)(=O)c2ccc3c(c2)CCC3)CC1. The molecule has 0 atom stereocenters. The molecule has 0 spiro atoms. The van der Waals surface area contributed by atoms with Gasteiger partial charge in [0.15, 0.2) is 0 Å². The molecule has 7 heteroatoms. The predicted octanol–water partition coefficient (Wildman–Crippen LogP) is 2.70. The molecule has 1 amide bonds. The summed E-state index contributed by atoms with van der Waals surface area (Å²) in [6.07, 6.45) is 4.35. The van der Waals surface area contributed by atoms with Gasteiger partial charge in [0.25, 0.3) is 0 Å². The fourth-order valence-corrected chi connectivity index (χ4v) is 6.06. The summed E-state index contributed by atoms with van der Waals surface area (Å²) >= 11 is 1.66. The maximum Gasteiger partial charge on any atom is 0.243 e. The van der Waals surface area contributed by atoms with Crippen LogP contribution in [0.4, 0.5) is 0 Å². The molecule has 1 aliphatic carbocycles. The highest BCUT2D eigenvalue weighted by atomic mass is 32.2. The zero-order valence-corrected chi connectivity index (χ0v) is 16.9. The van der Waals surface area contributed by atoms with Crippen LogP contribution < -0.4 is 0 Å². The molecule has 5 nitrogen and oxygen atoms in total. The van der Waals surface area contributed by atoms with Crippen LogP contribution in [-0.4, -0.2) is 49.7 Å². The Balaban J connectivity index is 1.36. The minimum absolute atomic E-state index is 0.109. The lowest BCUT2D eigenvalue weighted by Gasteiger charge is -2.34. The second-order valence-electron chi connectivity index (χ2n) is 7.15. The van der Waals surface area contributed by atoms with E-state index in [2.05, 4.69) is 0 Å². The van der Waals surface area contributed by atoms with E-state index in [4.69, 9.17) is 0 Å². The first kappa shape index (κ1) is 18.7. The van der Waals surface area contributed by atoms with Crippen molar-refractivity contribution in [3.8, 4) is 0 Å². The van der Waals surface area contributed by atoms with Gasteiger partial charge in [-0.2, -0.15) is 4.31 Å². The molecule has 0 saturated carbocycles. The summed E-state index contributed by atoms with van der Waals surface area (Å²) < 4.78 is 27.5. The van der Waals surface area contributed by atoms with E-state index >= 15 is 0 Å². The summed E-state index contributed by atoms with van der Waals surface area (Å²) in [6.45, 7) is 1.66. The van der Waals surface area contributed by atoms with Crippen LogP contribution in [0.2, 0.25) is 0 Å². The summed E-state index contributed by atoms with van der Waals surface area (Å²) in [4.78, 5) is 15.8. The number of fused-ring (bicyclic) bond motifs is 1. The topological polar surface area (TPSA) is 57.7 Å². The molecule has 0 unspecified atom stereocenters. The molecule has 0 N–H and O–H groups in total. The number of sulfonamides is 1. The summed E-state index contributed by atoms with van der Waals surface area (Å²) in [5.74, 6) is 0.109. The van der Waals surface area contributed by atoms with Gasteiger partial charge in [-0.3, -0.25) is 4.79 Å². The summed E-state index contributed by atoms with van der Waals surface area (Å²) in [5.41, 5.74) is 2.44. The van der Waals surface area contributed by atoms with E-state index < -0.39 is 10.0 Å². The van der Waals surface area contributed by atoms with Crippen LogP contribution in [0.3, 0.4) is 0 Å². The van der Waals surface area contributed by atoms with Crippen molar-refractivity contribution in [2.75, 3.05) is 26.2 Å². The van der Waals surface area contributed by atoms with Gasteiger partial charge in [0, 0.05) is 37.5 Å².